The lowest BCUT2D eigenvalue weighted by atomic mass is 9.92. The molecule has 3 nitrogen and oxygen atoms in total. The fourth-order valence-corrected chi connectivity index (χ4v) is 11.0. The molecule has 1 N–H and O–H groups in total. The van der Waals surface area contributed by atoms with Crippen LogP contribution in [-0.4, -0.2) is 27.1 Å². The minimum absolute atomic E-state index is 0.162. The van der Waals surface area contributed by atoms with E-state index in [4.69, 9.17) is 12.2 Å². The van der Waals surface area contributed by atoms with E-state index in [9.17, 15) is 9.59 Å². The van der Waals surface area contributed by atoms with E-state index in [0.717, 1.165) is 27.8 Å². The summed E-state index contributed by atoms with van der Waals surface area (Å²) in [5.74, 6) is -0.631. The monoisotopic (exact) mass is 525 g/mol. The topological polar surface area (TPSA) is 46.2 Å². The number of hydrogen-bond donors (Lipinski definition) is 1. The zero-order valence-corrected chi connectivity index (χ0v) is 21.9. The summed E-state index contributed by atoms with van der Waals surface area (Å²) >= 11 is 6.71. The Bertz CT molecular complexity index is 1340. The minimum atomic E-state index is -2.67. The second-order valence-electron chi connectivity index (χ2n) is 8.42. The van der Waals surface area contributed by atoms with Crippen LogP contribution < -0.4 is 21.2 Å². The summed E-state index contributed by atoms with van der Waals surface area (Å²) in [5, 5.41) is 6.16. The average molecular weight is 526 g/mol. The minimum Gasteiger partial charge on any atom is -0.311 e. The van der Waals surface area contributed by atoms with Crippen LogP contribution in [-0.2, 0) is 9.59 Å². The van der Waals surface area contributed by atoms with Crippen LogP contribution in [0, 0.1) is 0 Å². The van der Waals surface area contributed by atoms with Crippen molar-refractivity contribution in [1.29, 1.82) is 0 Å². The van der Waals surface area contributed by atoms with Crippen LogP contribution in [0.5, 0.6) is 0 Å². The molecule has 1 aliphatic heterocycles. The van der Waals surface area contributed by atoms with Gasteiger partial charge in [-0.3, -0.25) is 9.59 Å². The number of hydrogen-bond acceptors (Lipinski definition) is 4. The van der Waals surface area contributed by atoms with Crippen LogP contribution in [0.25, 0.3) is 0 Å². The highest BCUT2D eigenvalue weighted by Crippen LogP contribution is 2.50. The van der Waals surface area contributed by atoms with Crippen molar-refractivity contribution in [3.8, 4) is 0 Å². The van der Waals surface area contributed by atoms with E-state index in [2.05, 4.69) is 41.7 Å². The van der Waals surface area contributed by atoms with Crippen LogP contribution in [0.4, 0.5) is 0 Å². The number of amides is 1. The highest BCUT2D eigenvalue weighted by molar-refractivity contribution is 8.24. The summed E-state index contributed by atoms with van der Waals surface area (Å²) in [6.45, 7) is -2.67. The molecule has 0 aromatic heterocycles. The quantitative estimate of drug-likeness (QED) is 0.217. The van der Waals surface area contributed by atoms with Gasteiger partial charge in [0.25, 0.3) is 0 Å². The SMILES string of the molecule is O=CC(C(c1ccccc1)C1SC(=S)NC1=O)=P(c1ccccc1)(c1ccccc1)c1ccccc1. The Morgan fingerprint density at radius 2 is 1.17 bits per heavy atom. The Kier molecular flexibility index (Phi) is 7.33. The van der Waals surface area contributed by atoms with Gasteiger partial charge in [0.1, 0.15) is 15.9 Å². The first-order chi connectivity index (χ1) is 17.7. The Balaban J connectivity index is 1.98. The zero-order chi connectivity index (χ0) is 25.0. The van der Waals surface area contributed by atoms with Gasteiger partial charge in [0, 0.05) is 11.2 Å². The lowest BCUT2D eigenvalue weighted by molar-refractivity contribution is -0.118. The largest absolute Gasteiger partial charge is 0.311 e. The predicted molar refractivity (Wildman–Crippen MR) is 158 cm³/mol. The first-order valence-electron chi connectivity index (χ1n) is 11.6. The molecule has 2 unspecified atom stereocenters. The number of carbonyl (C=O) groups is 2. The lowest BCUT2D eigenvalue weighted by Crippen LogP contribution is -2.38. The Labute approximate surface area is 220 Å². The van der Waals surface area contributed by atoms with Crippen molar-refractivity contribution >= 4 is 68.6 Å². The zero-order valence-electron chi connectivity index (χ0n) is 19.4. The normalized spacial score (nSPS) is 16.3. The van der Waals surface area contributed by atoms with Gasteiger partial charge in [0.2, 0.25) is 5.91 Å². The van der Waals surface area contributed by atoms with Gasteiger partial charge in [0.15, 0.2) is 0 Å². The third kappa shape index (κ3) is 4.39. The fourth-order valence-electron chi connectivity index (χ4n) is 4.96. The number of aldehydes is 1. The Hall–Kier alpha value is -3.24. The van der Waals surface area contributed by atoms with Gasteiger partial charge in [-0.15, -0.1) is 0 Å². The molecule has 0 aliphatic carbocycles. The second-order valence-corrected chi connectivity index (χ2v) is 13.6. The van der Waals surface area contributed by atoms with Crippen molar-refractivity contribution in [2.75, 3.05) is 0 Å². The molecule has 0 spiro atoms. The van der Waals surface area contributed by atoms with Crippen molar-refractivity contribution < 1.29 is 9.59 Å². The van der Waals surface area contributed by atoms with E-state index in [1.165, 1.54) is 11.8 Å². The molecular formula is C30H24NO2PS2. The van der Waals surface area contributed by atoms with Crippen LogP contribution in [0.3, 0.4) is 0 Å². The molecule has 1 heterocycles. The molecule has 2 atom stereocenters. The van der Waals surface area contributed by atoms with Crippen LogP contribution >= 0.6 is 30.9 Å². The molecule has 36 heavy (non-hydrogen) atoms. The van der Waals surface area contributed by atoms with Crippen molar-refractivity contribution in [1.82, 2.24) is 5.32 Å². The fraction of sp³-hybridized carbons (Fsp3) is 0.0667. The number of thiocarbonyl (C=S) groups is 1. The van der Waals surface area contributed by atoms with Gasteiger partial charge in [-0.2, -0.15) is 0 Å². The molecule has 6 heteroatoms. The summed E-state index contributed by atoms with van der Waals surface area (Å²) in [6.07, 6.45) is 1.01. The maximum absolute atomic E-state index is 13.4. The van der Waals surface area contributed by atoms with E-state index < -0.39 is 18.1 Å². The van der Waals surface area contributed by atoms with E-state index in [-0.39, 0.29) is 5.91 Å². The van der Waals surface area contributed by atoms with Crippen molar-refractivity contribution in [3.05, 3.63) is 127 Å². The maximum Gasteiger partial charge on any atom is 0.239 e. The number of nitrogens with one attached hydrogen (secondary N) is 1. The second kappa shape index (κ2) is 10.8. The molecule has 178 valence electrons. The Morgan fingerprint density at radius 1 is 0.750 bits per heavy atom. The molecule has 0 saturated carbocycles. The van der Waals surface area contributed by atoms with E-state index >= 15 is 0 Å². The molecule has 5 rings (SSSR count). The van der Waals surface area contributed by atoms with E-state index in [1.54, 1.807) is 0 Å². The van der Waals surface area contributed by atoms with Crippen molar-refractivity contribution in [2.24, 2.45) is 0 Å². The first kappa shape index (κ1) is 24.5. The lowest BCUT2D eigenvalue weighted by Gasteiger charge is -2.35. The van der Waals surface area contributed by atoms with Gasteiger partial charge in [-0.05, 0) is 28.4 Å². The average Bonchev–Trinajstić information content (AvgIpc) is 3.28. The van der Waals surface area contributed by atoms with Gasteiger partial charge in [0.05, 0.1) is 0 Å². The van der Waals surface area contributed by atoms with Crippen LogP contribution in [0.2, 0.25) is 0 Å². The standard InChI is InChI=1S/C30H24NO2PS2/c32-21-26(27(22-13-5-1-6-14-22)28-29(33)31-30(35)36-28)34(23-15-7-2-8-16-23,24-17-9-3-10-18-24)25-19-11-4-12-20-25/h1-21,27-28H,(H,31,33,35). The number of thioether (sulfide) groups is 1. The number of rotatable bonds is 7. The maximum atomic E-state index is 13.4. The summed E-state index contributed by atoms with van der Waals surface area (Å²) in [5.41, 5.74) is 0.920. The summed E-state index contributed by atoms with van der Waals surface area (Å²) in [4.78, 5) is 26.7. The predicted octanol–water partition coefficient (Wildman–Crippen LogP) is 4.65. The number of benzene rings is 4. The van der Waals surface area contributed by atoms with E-state index in [1.807, 2.05) is 84.9 Å². The molecule has 0 bridgehead atoms. The van der Waals surface area contributed by atoms with E-state index in [0.29, 0.717) is 9.61 Å². The molecule has 4 aromatic rings. The summed E-state index contributed by atoms with van der Waals surface area (Å²) in [6, 6.07) is 40.5. The molecule has 1 aliphatic rings. The summed E-state index contributed by atoms with van der Waals surface area (Å²) in [7, 11) is 0. The van der Waals surface area contributed by atoms with Gasteiger partial charge < -0.3 is 5.32 Å². The van der Waals surface area contributed by atoms with Crippen LogP contribution in [0.1, 0.15) is 11.5 Å². The molecule has 4 aromatic carbocycles. The first-order valence-corrected chi connectivity index (χ1v) is 14.7. The van der Waals surface area contributed by atoms with Gasteiger partial charge >= 0.3 is 0 Å². The van der Waals surface area contributed by atoms with Crippen molar-refractivity contribution in [3.63, 3.8) is 0 Å². The van der Waals surface area contributed by atoms with Crippen LogP contribution in [0.15, 0.2) is 121 Å². The summed E-state index contributed by atoms with van der Waals surface area (Å²) < 4.78 is 0.444. The van der Waals surface area contributed by atoms with Gasteiger partial charge in [-0.1, -0.05) is 145 Å². The third-order valence-corrected chi connectivity index (χ3v) is 12.3. The number of carbonyl (C=O) groups excluding carboxylic acids is 2. The van der Waals surface area contributed by atoms with Gasteiger partial charge in [-0.25, -0.2) is 0 Å². The Morgan fingerprint density at radius 3 is 1.53 bits per heavy atom. The molecule has 1 fully saturated rings. The molecular weight excluding hydrogens is 501 g/mol. The highest BCUT2D eigenvalue weighted by atomic mass is 32.2. The highest BCUT2D eigenvalue weighted by Gasteiger charge is 2.43. The molecule has 1 amide bonds. The third-order valence-electron chi connectivity index (χ3n) is 6.44. The smallest absolute Gasteiger partial charge is 0.239 e. The van der Waals surface area contributed by atoms with Crippen molar-refractivity contribution in [2.45, 2.75) is 11.2 Å². The molecule has 1 saturated heterocycles. The molecule has 0 radical (unpaired) electrons.